The lowest BCUT2D eigenvalue weighted by atomic mass is 9.71. The average Bonchev–Trinajstić information content (AvgIpc) is 2.91. The number of Topliss-reactive ketones (excluding diaryl/α,β-unsaturated/α-hetero) is 3. The summed E-state index contributed by atoms with van der Waals surface area (Å²) >= 11 is 0. The van der Waals surface area contributed by atoms with E-state index in [-0.39, 0.29) is 28.7 Å². The summed E-state index contributed by atoms with van der Waals surface area (Å²) in [7, 11) is 0. The molecule has 0 aromatic carbocycles. The second-order valence-electron chi connectivity index (χ2n) is 6.33. The summed E-state index contributed by atoms with van der Waals surface area (Å²) < 4.78 is 5.64. The highest BCUT2D eigenvalue weighted by Crippen LogP contribution is 2.41. The maximum absolute atomic E-state index is 12.4. The van der Waals surface area contributed by atoms with Crippen molar-refractivity contribution in [2.75, 3.05) is 0 Å². The number of hydrogen-bond donors (Lipinski definition) is 1. The van der Waals surface area contributed by atoms with Crippen molar-refractivity contribution in [2.24, 2.45) is 5.92 Å². The largest absolute Gasteiger partial charge is 0.512 e. The number of rotatable bonds is 3. The summed E-state index contributed by atoms with van der Waals surface area (Å²) in [5, 5.41) is 10.3. The maximum Gasteiger partial charge on any atom is 0.163 e. The van der Waals surface area contributed by atoms with E-state index in [2.05, 4.69) is 0 Å². The van der Waals surface area contributed by atoms with Gasteiger partial charge in [-0.05, 0) is 31.9 Å². The molecule has 2 aliphatic rings. The van der Waals surface area contributed by atoms with E-state index in [0.717, 1.165) is 0 Å². The van der Waals surface area contributed by atoms with Crippen LogP contribution in [0.15, 0.2) is 27.9 Å². The number of hydrogen-bond acceptors (Lipinski definition) is 5. The average molecular weight is 316 g/mol. The van der Waals surface area contributed by atoms with Gasteiger partial charge in [0.05, 0.1) is 17.6 Å². The lowest BCUT2D eigenvalue weighted by molar-refractivity contribution is -0.136. The van der Waals surface area contributed by atoms with Gasteiger partial charge in [-0.1, -0.05) is 0 Å². The number of carbonyl (C=O) groups is 3. The molecule has 0 saturated heterocycles. The van der Waals surface area contributed by atoms with Crippen molar-refractivity contribution < 1.29 is 23.9 Å². The van der Waals surface area contributed by atoms with Crippen molar-refractivity contribution in [3.63, 3.8) is 0 Å². The van der Waals surface area contributed by atoms with E-state index in [0.29, 0.717) is 50.0 Å². The van der Waals surface area contributed by atoms with Crippen LogP contribution < -0.4 is 0 Å². The predicted molar refractivity (Wildman–Crippen MR) is 82.1 cm³/mol. The van der Waals surface area contributed by atoms with Gasteiger partial charge in [-0.25, -0.2) is 0 Å². The van der Waals surface area contributed by atoms with Crippen LogP contribution in [0.1, 0.15) is 56.0 Å². The zero-order chi connectivity index (χ0) is 16.6. The lowest BCUT2D eigenvalue weighted by Gasteiger charge is -2.30. The summed E-state index contributed by atoms with van der Waals surface area (Å²) in [6.45, 7) is 1.77. The standard InChI is InChI=1S/C18H20O5/c1-10-8-9-15(23-10)18(16-11(19)4-2-5-12(16)20)17-13(21)6-3-7-14(17)22/h8-9,16,18,21H,2-7H2,1H3/t18-/m0/s1. The molecule has 1 N–H and O–H groups in total. The van der Waals surface area contributed by atoms with E-state index in [4.69, 9.17) is 4.42 Å². The third kappa shape index (κ3) is 2.87. The highest BCUT2D eigenvalue weighted by molar-refractivity contribution is 6.08. The van der Waals surface area contributed by atoms with Gasteiger partial charge in [-0.2, -0.15) is 0 Å². The smallest absolute Gasteiger partial charge is 0.163 e. The van der Waals surface area contributed by atoms with Gasteiger partial charge in [0.1, 0.15) is 23.1 Å². The van der Waals surface area contributed by atoms with Crippen LogP contribution in [0.4, 0.5) is 0 Å². The monoisotopic (exact) mass is 316 g/mol. The SMILES string of the molecule is Cc1ccc([C@H](C2=C(O)CCCC2=O)C2C(=O)CCCC2=O)o1. The van der Waals surface area contributed by atoms with Gasteiger partial charge in [-0.3, -0.25) is 14.4 Å². The van der Waals surface area contributed by atoms with Crippen molar-refractivity contribution in [1.29, 1.82) is 0 Å². The van der Waals surface area contributed by atoms with Crippen LogP contribution in [0, 0.1) is 12.8 Å². The van der Waals surface area contributed by atoms with Gasteiger partial charge >= 0.3 is 0 Å². The summed E-state index contributed by atoms with van der Waals surface area (Å²) in [6, 6.07) is 3.43. The Morgan fingerprint density at radius 3 is 2.26 bits per heavy atom. The molecule has 1 heterocycles. The summed E-state index contributed by atoms with van der Waals surface area (Å²) in [4.78, 5) is 37.2. The van der Waals surface area contributed by atoms with Gasteiger partial charge in [0.2, 0.25) is 0 Å². The molecule has 0 aliphatic heterocycles. The molecule has 0 radical (unpaired) electrons. The Labute approximate surface area is 134 Å². The molecule has 1 aromatic heterocycles. The Kier molecular flexibility index (Phi) is 4.20. The molecule has 0 bridgehead atoms. The van der Waals surface area contributed by atoms with Crippen molar-refractivity contribution in [3.8, 4) is 0 Å². The van der Waals surface area contributed by atoms with E-state index in [9.17, 15) is 19.5 Å². The molecule has 0 unspecified atom stereocenters. The molecule has 0 spiro atoms. The molecule has 5 nitrogen and oxygen atoms in total. The van der Waals surface area contributed by atoms with Crippen LogP contribution in [0.3, 0.4) is 0 Å². The minimum Gasteiger partial charge on any atom is -0.512 e. The Morgan fingerprint density at radius 2 is 1.70 bits per heavy atom. The van der Waals surface area contributed by atoms with Gasteiger partial charge in [-0.15, -0.1) is 0 Å². The minimum absolute atomic E-state index is 0.00789. The molecule has 5 heteroatoms. The van der Waals surface area contributed by atoms with E-state index in [1.54, 1.807) is 19.1 Å². The molecular formula is C18H20O5. The molecular weight excluding hydrogens is 296 g/mol. The van der Waals surface area contributed by atoms with E-state index >= 15 is 0 Å². The van der Waals surface area contributed by atoms with Gasteiger partial charge in [0.25, 0.3) is 0 Å². The maximum atomic E-state index is 12.4. The van der Waals surface area contributed by atoms with Gasteiger partial charge < -0.3 is 9.52 Å². The first kappa shape index (κ1) is 15.7. The Hall–Kier alpha value is -2.17. The highest BCUT2D eigenvalue weighted by Gasteiger charge is 2.44. The second kappa shape index (κ2) is 6.14. The molecule has 1 saturated carbocycles. The number of carbonyl (C=O) groups excluding carboxylic acids is 3. The van der Waals surface area contributed by atoms with Crippen LogP contribution in [-0.2, 0) is 14.4 Å². The third-order valence-corrected chi connectivity index (χ3v) is 4.68. The van der Waals surface area contributed by atoms with Crippen molar-refractivity contribution >= 4 is 17.3 Å². The summed E-state index contributed by atoms with van der Waals surface area (Å²) in [5.41, 5.74) is 0.194. The first-order chi connectivity index (χ1) is 11.0. The van der Waals surface area contributed by atoms with E-state index in [1.165, 1.54) is 0 Å². The van der Waals surface area contributed by atoms with E-state index in [1.807, 2.05) is 0 Å². The predicted octanol–water partition coefficient (Wildman–Crippen LogP) is 3.18. The number of allylic oxidation sites excluding steroid dienone is 2. The summed E-state index contributed by atoms with van der Waals surface area (Å²) in [5.74, 6) is -1.20. The fraction of sp³-hybridized carbons (Fsp3) is 0.500. The van der Waals surface area contributed by atoms with Gasteiger partial charge in [0, 0.05) is 31.3 Å². The fourth-order valence-corrected chi connectivity index (χ4v) is 3.59. The first-order valence-corrected chi connectivity index (χ1v) is 8.06. The second-order valence-corrected chi connectivity index (χ2v) is 6.33. The zero-order valence-corrected chi connectivity index (χ0v) is 13.1. The van der Waals surface area contributed by atoms with Crippen LogP contribution in [0.2, 0.25) is 0 Å². The topological polar surface area (TPSA) is 84.6 Å². The molecule has 122 valence electrons. The Balaban J connectivity index is 2.12. The third-order valence-electron chi connectivity index (χ3n) is 4.68. The lowest BCUT2D eigenvalue weighted by Crippen LogP contribution is -2.36. The number of aliphatic hydroxyl groups excluding tert-OH is 1. The van der Waals surface area contributed by atoms with Crippen LogP contribution >= 0.6 is 0 Å². The molecule has 0 amide bonds. The molecule has 2 aliphatic carbocycles. The number of aryl methyl sites for hydroxylation is 1. The molecule has 23 heavy (non-hydrogen) atoms. The molecule has 1 aromatic rings. The number of furan rings is 1. The number of aliphatic hydroxyl groups is 1. The summed E-state index contributed by atoms with van der Waals surface area (Å²) in [6.07, 6.45) is 2.52. The Bertz CT molecular complexity index is 678. The minimum atomic E-state index is -0.923. The molecule has 1 fully saturated rings. The van der Waals surface area contributed by atoms with Crippen molar-refractivity contribution in [3.05, 3.63) is 35.0 Å². The Morgan fingerprint density at radius 1 is 1.04 bits per heavy atom. The van der Waals surface area contributed by atoms with Crippen LogP contribution in [0.5, 0.6) is 0 Å². The first-order valence-electron chi connectivity index (χ1n) is 8.06. The van der Waals surface area contributed by atoms with Crippen molar-refractivity contribution in [1.82, 2.24) is 0 Å². The fourth-order valence-electron chi connectivity index (χ4n) is 3.59. The van der Waals surface area contributed by atoms with Crippen LogP contribution in [-0.4, -0.2) is 22.5 Å². The molecule has 1 atom stereocenters. The van der Waals surface area contributed by atoms with Crippen molar-refractivity contribution in [2.45, 2.75) is 51.4 Å². The van der Waals surface area contributed by atoms with Gasteiger partial charge in [0.15, 0.2) is 5.78 Å². The quantitative estimate of drug-likeness (QED) is 0.866. The normalized spacial score (nSPS) is 21.9. The van der Waals surface area contributed by atoms with Crippen LogP contribution in [0.25, 0.3) is 0 Å². The molecule has 3 rings (SSSR count). The zero-order valence-electron chi connectivity index (χ0n) is 13.1. The highest BCUT2D eigenvalue weighted by atomic mass is 16.3. The van der Waals surface area contributed by atoms with E-state index < -0.39 is 11.8 Å². The number of ketones is 3.